The number of nitrogens with two attached hydrogens (primary N) is 2. The Bertz CT molecular complexity index is 1020. The van der Waals surface area contributed by atoms with Gasteiger partial charge in [0.25, 0.3) is 5.91 Å². The first-order chi connectivity index (χ1) is 15.1. The molecule has 1 amide bonds. The maximum Gasteiger partial charge on any atom is 0.356 e. The highest BCUT2D eigenvalue weighted by Gasteiger charge is 2.45. The van der Waals surface area contributed by atoms with Crippen molar-refractivity contribution in [2.45, 2.75) is 45.3 Å². The Labute approximate surface area is 184 Å². The molecule has 178 valence electrons. The SMILES string of the molecule is CCOP(=O)(COCC1OC(n2cc(C(N)=O)c3c(N)nc(C)nc32)C(O)C1O)OCC. The average Bonchev–Trinajstić information content (AvgIpc) is 3.21. The Balaban J connectivity index is 1.82. The van der Waals surface area contributed by atoms with Crippen molar-refractivity contribution in [2.24, 2.45) is 5.73 Å². The van der Waals surface area contributed by atoms with Crippen LogP contribution in [0.3, 0.4) is 0 Å². The first-order valence-electron chi connectivity index (χ1n) is 10.0. The van der Waals surface area contributed by atoms with Gasteiger partial charge in [0.15, 0.2) is 6.23 Å². The minimum atomic E-state index is -3.45. The van der Waals surface area contributed by atoms with Gasteiger partial charge in [0, 0.05) is 6.20 Å². The predicted molar refractivity (Wildman–Crippen MR) is 113 cm³/mol. The van der Waals surface area contributed by atoms with Crippen molar-refractivity contribution in [1.29, 1.82) is 0 Å². The highest BCUT2D eigenvalue weighted by molar-refractivity contribution is 7.53. The largest absolute Gasteiger partial charge is 0.387 e. The molecule has 1 aliphatic heterocycles. The van der Waals surface area contributed by atoms with Crippen molar-refractivity contribution < 1.29 is 38.1 Å². The molecule has 1 fully saturated rings. The third kappa shape index (κ3) is 4.79. The number of hydrogen-bond donors (Lipinski definition) is 4. The number of aromatic nitrogens is 3. The average molecular weight is 473 g/mol. The van der Waals surface area contributed by atoms with Gasteiger partial charge in [-0.2, -0.15) is 0 Å². The quantitative estimate of drug-likeness (QED) is 0.346. The fourth-order valence-electron chi connectivity index (χ4n) is 3.55. The zero-order valence-corrected chi connectivity index (χ0v) is 18.9. The van der Waals surface area contributed by atoms with Gasteiger partial charge >= 0.3 is 7.60 Å². The number of aliphatic hydroxyl groups excluding tert-OH is 2. The zero-order chi connectivity index (χ0) is 23.6. The van der Waals surface area contributed by atoms with Gasteiger partial charge in [0.2, 0.25) is 0 Å². The summed E-state index contributed by atoms with van der Waals surface area (Å²) in [5, 5.41) is 21.3. The van der Waals surface area contributed by atoms with Crippen molar-refractivity contribution >= 4 is 30.4 Å². The van der Waals surface area contributed by atoms with Gasteiger partial charge in [-0.25, -0.2) is 9.97 Å². The summed E-state index contributed by atoms with van der Waals surface area (Å²) in [7, 11) is -3.45. The molecule has 3 rings (SSSR count). The van der Waals surface area contributed by atoms with Crippen LogP contribution in [-0.4, -0.2) is 75.1 Å². The lowest BCUT2D eigenvalue weighted by Gasteiger charge is -2.19. The standard InChI is InChI=1S/C18H28N5O8P/c1-4-29-32(27,30-5-2)8-28-7-11-13(24)14(25)18(31-11)23-6-10(16(20)26)12-15(19)21-9(3)22-17(12)23/h6,11,13-14,18,24-25H,4-5,7-8H2,1-3H3,(H2,20,26)(H2,19,21,22). The Morgan fingerprint density at radius 1 is 1.25 bits per heavy atom. The maximum atomic E-state index is 12.5. The van der Waals surface area contributed by atoms with Crippen molar-refractivity contribution in [2.75, 3.05) is 31.9 Å². The number of aryl methyl sites for hydroxylation is 1. The summed E-state index contributed by atoms with van der Waals surface area (Å²) in [5.74, 6) is -0.375. The van der Waals surface area contributed by atoms with Gasteiger partial charge in [-0.05, 0) is 20.8 Å². The molecule has 2 aromatic rings. The van der Waals surface area contributed by atoms with Gasteiger partial charge in [-0.1, -0.05) is 0 Å². The van der Waals surface area contributed by atoms with Crippen LogP contribution in [0.1, 0.15) is 36.3 Å². The molecule has 6 N–H and O–H groups in total. The summed E-state index contributed by atoms with van der Waals surface area (Å²) in [5.41, 5.74) is 11.7. The molecule has 0 spiro atoms. The van der Waals surface area contributed by atoms with Gasteiger partial charge in [0.05, 0.1) is 30.8 Å². The van der Waals surface area contributed by atoms with Crippen molar-refractivity contribution in [1.82, 2.24) is 14.5 Å². The van der Waals surface area contributed by atoms with E-state index in [-0.39, 0.29) is 48.6 Å². The number of carbonyl (C=O) groups excluding carboxylic acids is 1. The normalized spacial score (nSPS) is 23.8. The van der Waals surface area contributed by atoms with E-state index in [1.54, 1.807) is 20.8 Å². The van der Waals surface area contributed by atoms with Crippen LogP contribution >= 0.6 is 7.60 Å². The van der Waals surface area contributed by atoms with Crippen molar-refractivity contribution in [3.05, 3.63) is 17.6 Å². The Morgan fingerprint density at radius 3 is 2.50 bits per heavy atom. The second-order valence-corrected chi connectivity index (χ2v) is 9.16. The number of fused-ring (bicyclic) bond motifs is 1. The minimum Gasteiger partial charge on any atom is -0.387 e. The summed E-state index contributed by atoms with van der Waals surface area (Å²) in [6.07, 6.45) is -3.81. The molecular weight excluding hydrogens is 445 g/mol. The number of rotatable bonds is 10. The van der Waals surface area contributed by atoms with Crippen LogP contribution in [0.5, 0.6) is 0 Å². The summed E-state index contributed by atoms with van der Waals surface area (Å²) in [6.45, 7) is 5.13. The molecule has 13 nitrogen and oxygen atoms in total. The third-order valence-corrected chi connectivity index (χ3v) is 6.67. The number of nitrogens with zero attached hydrogens (tertiary/aromatic N) is 3. The monoisotopic (exact) mass is 473 g/mol. The number of nitrogen functional groups attached to an aromatic ring is 1. The number of primary amides is 1. The van der Waals surface area contributed by atoms with E-state index in [0.717, 1.165) is 0 Å². The predicted octanol–water partition coefficient (Wildman–Crippen LogP) is 0.280. The second kappa shape index (κ2) is 9.79. The summed E-state index contributed by atoms with van der Waals surface area (Å²) in [4.78, 5) is 20.3. The maximum absolute atomic E-state index is 12.5. The molecule has 3 heterocycles. The van der Waals surface area contributed by atoms with Gasteiger partial charge in [-0.15, -0.1) is 0 Å². The van der Waals surface area contributed by atoms with E-state index < -0.39 is 38.0 Å². The van der Waals surface area contributed by atoms with E-state index in [0.29, 0.717) is 5.82 Å². The van der Waals surface area contributed by atoms with Crippen LogP contribution in [0.15, 0.2) is 6.20 Å². The van der Waals surface area contributed by atoms with Gasteiger partial charge in [0.1, 0.15) is 41.9 Å². The molecule has 1 aliphatic rings. The number of anilines is 1. The van der Waals surface area contributed by atoms with E-state index in [1.165, 1.54) is 10.8 Å². The highest BCUT2D eigenvalue weighted by Crippen LogP contribution is 2.48. The van der Waals surface area contributed by atoms with E-state index in [4.69, 9.17) is 30.0 Å². The van der Waals surface area contributed by atoms with Crippen molar-refractivity contribution in [3.63, 3.8) is 0 Å². The molecule has 1 saturated heterocycles. The van der Waals surface area contributed by atoms with Crippen molar-refractivity contribution in [3.8, 4) is 0 Å². The Kier molecular flexibility index (Phi) is 7.50. The Hall–Kier alpha value is -2.12. The molecule has 2 aromatic heterocycles. The Morgan fingerprint density at radius 2 is 1.91 bits per heavy atom. The third-order valence-electron chi connectivity index (χ3n) is 4.87. The minimum absolute atomic E-state index is 0.0515. The molecule has 4 atom stereocenters. The molecule has 0 aromatic carbocycles. The van der Waals surface area contributed by atoms with Crippen LogP contribution in [-0.2, 0) is 23.1 Å². The first kappa shape index (κ1) is 24.5. The molecule has 0 saturated carbocycles. The summed E-state index contributed by atoms with van der Waals surface area (Å²) in [6, 6.07) is 0. The topological polar surface area (TPSA) is 194 Å². The summed E-state index contributed by atoms with van der Waals surface area (Å²) >= 11 is 0. The number of aliphatic hydroxyl groups is 2. The lowest BCUT2D eigenvalue weighted by molar-refractivity contribution is -0.0616. The lowest BCUT2D eigenvalue weighted by Crippen LogP contribution is -2.34. The lowest BCUT2D eigenvalue weighted by atomic mass is 10.1. The molecular formula is C18H28N5O8P. The number of carbonyl (C=O) groups is 1. The number of amides is 1. The van der Waals surface area contributed by atoms with Crippen LogP contribution in [0.4, 0.5) is 5.82 Å². The molecule has 4 unspecified atom stereocenters. The van der Waals surface area contributed by atoms with Crippen LogP contribution in [0, 0.1) is 6.92 Å². The van der Waals surface area contributed by atoms with E-state index in [2.05, 4.69) is 9.97 Å². The summed E-state index contributed by atoms with van der Waals surface area (Å²) < 4.78 is 35.4. The second-order valence-electron chi connectivity index (χ2n) is 7.16. The molecule has 14 heteroatoms. The van der Waals surface area contributed by atoms with Crippen LogP contribution in [0.25, 0.3) is 11.0 Å². The fourth-order valence-corrected chi connectivity index (χ4v) is 4.89. The highest BCUT2D eigenvalue weighted by atomic mass is 31.2. The zero-order valence-electron chi connectivity index (χ0n) is 18.0. The van der Waals surface area contributed by atoms with Crippen LogP contribution in [0.2, 0.25) is 0 Å². The van der Waals surface area contributed by atoms with Gasteiger partial charge < -0.3 is 44.8 Å². The fraction of sp³-hybridized carbons (Fsp3) is 0.611. The molecule has 0 radical (unpaired) electrons. The van der Waals surface area contributed by atoms with E-state index in [9.17, 15) is 19.6 Å². The van der Waals surface area contributed by atoms with E-state index in [1.807, 2.05) is 0 Å². The molecule has 32 heavy (non-hydrogen) atoms. The smallest absolute Gasteiger partial charge is 0.356 e. The number of hydrogen-bond acceptors (Lipinski definition) is 11. The number of ether oxygens (including phenoxy) is 2. The molecule has 0 aliphatic carbocycles. The van der Waals surface area contributed by atoms with Crippen LogP contribution < -0.4 is 11.5 Å². The van der Waals surface area contributed by atoms with Gasteiger partial charge in [-0.3, -0.25) is 9.36 Å². The first-order valence-corrected chi connectivity index (χ1v) is 11.8. The molecule has 0 bridgehead atoms. The van der Waals surface area contributed by atoms with E-state index >= 15 is 0 Å².